The van der Waals surface area contributed by atoms with Crippen LogP contribution < -0.4 is 0 Å². The van der Waals surface area contributed by atoms with Crippen LogP contribution in [0.3, 0.4) is 0 Å². The standard InChI is InChI=1S/C10H9F2NO3/c1-13(16-2)10(15)6-3-8(11)7(5-14)9(12)4-6/h3-5H,1-2H3. The molecule has 0 unspecified atom stereocenters. The van der Waals surface area contributed by atoms with Gasteiger partial charge in [-0.2, -0.15) is 0 Å². The molecule has 0 aliphatic carbocycles. The van der Waals surface area contributed by atoms with Gasteiger partial charge in [0.05, 0.1) is 12.7 Å². The number of aldehydes is 1. The van der Waals surface area contributed by atoms with Gasteiger partial charge in [-0.15, -0.1) is 0 Å². The molecule has 0 bridgehead atoms. The summed E-state index contributed by atoms with van der Waals surface area (Å²) in [6.07, 6.45) is 0.0545. The molecule has 1 aromatic rings. The molecule has 6 heteroatoms. The van der Waals surface area contributed by atoms with Gasteiger partial charge in [0.2, 0.25) is 0 Å². The van der Waals surface area contributed by atoms with Crippen molar-refractivity contribution in [2.24, 2.45) is 0 Å². The number of benzene rings is 1. The number of halogens is 2. The van der Waals surface area contributed by atoms with Gasteiger partial charge in [0.25, 0.3) is 5.91 Å². The minimum absolute atomic E-state index is 0.0545. The lowest BCUT2D eigenvalue weighted by molar-refractivity contribution is -0.0757. The van der Waals surface area contributed by atoms with E-state index in [9.17, 15) is 18.4 Å². The summed E-state index contributed by atoms with van der Waals surface area (Å²) in [4.78, 5) is 26.4. The van der Waals surface area contributed by atoms with E-state index in [-0.39, 0.29) is 11.8 Å². The summed E-state index contributed by atoms with van der Waals surface area (Å²) < 4.78 is 26.3. The summed E-state index contributed by atoms with van der Waals surface area (Å²) in [5, 5.41) is 0.814. The Morgan fingerprint density at radius 1 is 1.38 bits per heavy atom. The first-order chi connectivity index (χ1) is 7.51. The second-order valence-corrected chi connectivity index (χ2v) is 2.96. The summed E-state index contributed by atoms with van der Waals surface area (Å²) in [7, 11) is 2.54. The molecule has 0 saturated heterocycles. The van der Waals surface area contributed by atoms with Crippen molar-refractivity contribution in [1.29, 1.82) is 0 Å². The van der Waals surface area contributed by atoms with E-state index >= 15 is 0 Å². The number of carbonyl (C=O) groups is 2. The van der Waals surface area contributed by atoms with Crippen LogP contribution in [0.1, 0.15) is 20.7 Å². The molecular weight excluding hydrogens is 220 g/mol. The molecule has 0 atom stereocenters. The largest absolute Gasteiger partial charge is 0.298 e. The second kappa shape index (κ2) is 4.80. The van der Waals surface area contributed by atoms with E-state index in [1.165, 1.54) is 14.2 Å². The second-order valence-electron chi connectivity index (χ2n) is 2.96. The van der Waals surface area contributed by atoms with Crippen molar-refractivity contribution in [2.45, 2.75) is 0 Å². The highest BCUT2D eigenvalue weighted by atomic mass is 19.1. The zero-order chi connectivity index (χ0) is 12.3. The molecule has 0 spiro atoms. The third kappa shape index (κ3) is 2.22. The van der Waals surface area contributed by atoms with E-state index in [0.29, 0.717) is 0 Å². The van der Waals surface area contributed by atoms with Gasteiger partial charge in [-0.05, 0) is 12.1 Å². The summed E-state index contributed by atoms with van der Waals surface area (Å²) in [5.41, 5.74) is -0.929. The van der Waals surface area contributed by atoms with Crippen LogP contribution in [0.15, 0.2) is 12.1 Å². The van der Waals surface area contributed by atoms with Gasteiger partial charge in [-0.3, -0.25) is 14.4 Å². The number of carbonyl (C=O) groups excluding carboxylic acids is 2. The van der Waals surface area contributed by atoms with Crippen LogP contribution in [0.25, 0.3) is 0 Å². The van der Waals surface area contributed by atoms with Crippen molar-refractivity contribution in [3.8, 4) is 0 Å². The number of hydroxylamine groups is 2. The molecule has 4 nitrogen and oxygen atoms in total. The molecular formula is C10H9F2NO3. The van der Waals surface area contributed by atoms with Crippen LogP contribution >= 0.6 is 0 Å². The van der Waals surface area contributed by atoms with Gasteiger partial charge in [0.15, 0.2) is 6.29 Å². The average molecular weight is 229 g/mol. The van der Waals surface area contributed by atoms with Crippen molar-refractivity contribution < 1.29 is 23.2 Å². The van der Waals surface area contributed by atoms with Crippen LogP contribution in [0.2, 0.25) is 0 Å². The van der Waals surface area contributed by atoms with E-state index < -0.39 is 23.1 Å². The molecule has 0 heterocycles. The Morgan fingerprint density at radius 2 is 1.88 bits per heavy atom. The number of hydrogen-bond acceptors (Lipinski definition) is 3. The Morgan fingerprint density at radius 3 is 2.25 bits per heavy atom. The minimum atomic E-state index is -1.08. The number of nitrogens with zero attached hydrogens (tertiary/aromatic N) is 1. The predicted molar refractivity (Wildman–Crippen MR) is 50.8 cm³/mol. The first-order valence-corrected chi connectivity index (χ1v) is 4.27. The van der Waals surface area contributed by atoms with E-state index in [2.05, 4.69) is 4.84 Å². The van der Waals surface area contributed by atoms with Crippen LogP contribution in [0, 0.1) is 11.6 Å². The zero-order valence-corrected chi connectivity index (χ0v) is 8.66. The number of hydrogen-bond donors (Lipinski definition) is 0. The fourth-order valence-electron chi connectivity index (χ4n) is 1.09. The zero-order valence-electron chi connectivity index (χ0n) is 8.66. The van der Waals surface area contributed by atoms with Crippen molar-refractivity contribution in [2.75, 3.05) is 14.2 Å². The van der Waals surface area contributed by atoms with Gasteiger partial charge in [-0.1, -0.05) is 0 Å². The SMILES string of the molecule is CON(C)C(=O)c1cc(F)c(C=O)c(F)c1. The Bertz CT molecular complexity index is 411. The molecule has 86 valence electrons. The normalized spacial score (nSPS) is 10.0. The van der Waals surface area contributed by atoms with E-state index in [1.54, 1.807) is 0 Å². The highest BCUT2D eigenvalue weighted by Gasteiger charge is 2.17. The van der Waals surface area contributed by atoms with Crippen molar-refractivity contribution >= 4 is 12.2 Å². The lowest BCUT2D eigenvalue weighted by atomic mass is 10.1. The van der Waals surface area contributed by atoms with Crippen LogP contribution in [0.4, 0.5) is 8.78 Å². The fourth-order valence-corrected chi connectivity index (χ4v) is 1.09. The maximum absolute atomic E-state index is 13.2. The summed E-state index contributed by atoms with van der Waals surface area (Å²) in [5.74, 6) is -2.87. The third-order valence-electron chi connectivity index (χ3n) is 2.00. The lowest BCUT2D eigenvalue weighted by Gasteiger charge is -2.13. The molecule has 0 radical (unpaired) electrons. The first-order valence-electron chi connectivity index (χ1n) is 4.27. The Kier molecular flexibility index (Phi) is 3.68. The Balaban J connectivity index is 3.18. The molecule has 16 heavy (non-hydrogen) atoms. The van der Waals surface area contributed by atoms with Crippen LogP contribution in [-0.2, 0) is 4.84 Å². The highest BCUT2D eigenvalue weighted by molar-refractivity contribution is 5.94. The Labute approximate surface area is 90.4 Å². The molecule has 0 fully saturated rings. The first kappa shape index (κ1) is 12.3. The summed E-state index contributed by atoms with van der Waals surface area (Å²) >= 11 is 0. The molecule has 0 aliphatic rings. The van der Waals surface area contributed by atoms with Crippen molar-refractivity contribution in [3.05, 3.63) is 34.9 Å². The fraction of sp³-hybridized carbons (Fsp3) is 0.200. The molecule has 0 aliphatic heterocycles. The van der Waals surface area contributed by atoms with E-state index in [1.807, 2.05) is 0 Å². The van der Waals surface area contributed by atoms with Gasteiger partial charge in [-0.25, -0.2) is 13.8 Å². The van der Waals surface area contributed by atoms with Gasteiger partial charge >= 0.3 is 0 Å². The van der Waals surface area contributed by atoms with E-state index in [0.717, 1.165) is 17.2 Å². The van der Waals surface area contributed by atoms with Gasteiger partial charge in [0.1, 0.15) is 11.6 Å². The van der Waals surface area contributed by atoms with Gasteiger partial charge in [0, 0.05) is 12.6 Å². The molecule has 1 aromatic carbocycles. The molecule has 1 amide bonds. The molecule has 0 N–H and O–H groups in total. The number of rotatable bonds is 3. The molecule has 0 saturated carbocycles. The smallest absolute Gasteiger partial charge is 0.277 e. The van der Waals surface area contributed by atoms with Crippen LogP contribution in [0.5, 0.6) is 0 Å². The van der Waals surface area contributed by atoms with Gasteiger partial charge < -0.3 is 0 Å². The predicted octanol–water partition coefficient (Wildman–Crippen LogP) is 1.41. The lowest BCUT2D eigenvalue weighted by Crippen LogP contribution is -2.25. The summed E-state index contributed by atoms with van der Waals surface area (Å²) in [6, 6.07) is 1.56. The van der Waals surface area contributed by atoms with Crippen molar-refractivity contribution in [3.63, 3.8) is 0 Å². The third-order valence-corrected chi connectivity index (χ3v) is 2.00. The maximum atomic E-state index is 13.2. The quantitative estimate of drug-likeness (QED) is 0.581. The maximum Gasteiger partial charge on any atom is 0.277 e. The van der Waals surface area contributed by atoms with Crippen molar-refractivity contribution in [1.82, 2.24) is 5.06 Å². The topological polar surface area (TPSA) is 46.6 Å². The molecule has 0 aromatic heterocycles. The Hall–Kier alpha value is -1.82. The average Bonchev–Trinajstić information content (AvgIpc) is 2.26. The monoisotopic (exact) mass is 229 g/mol. The summed E-state index contributed by atoms with van der Waals surface area (Å²) in [6.45, 7) is 0. The minimum Gasteiger partial charge on any atom is -0.298 e. The molecule has 1 rings (SSSR count). The highest BCUT2D eigenvalue weighted by Crippen LogP contribution is 2.14. The number of amides is 1. The van der Waals surface area contributed by atoms with E-state index in [4.69, 9.17) is 0 Å². The van der Waals surface area contributed by atoms with Crippen LogP contribution in [-0.4, -0.2) is 31.4 Å².